The van der Waals surface area contributed by atoms with Crippen molar-refractivity contribution in [1.82, 2.24) is 19.4 Å². The summed E-state index contributed by atoms with van der Waals surface area (Å²) in [5.74, 6) is 2.70. The number of ether oxygens (including phenoxy) is 3. The fourth-order valence-electron chi connectivity index (χ4n) is 6.72. The summed E-state index contributed by atoms with van der Waals surface area (Å²) >= 11 is 0. The summed E-state index contributed by atoms with van der Waals surface area (Å²) in [6, 6.07) is 14.7. The second kappa shape index (κ2) is 10.7. The minimum atomic E-state index is -0.0447. The third kappa shape index (κ3) is 5.02. The Morgan fingerprint density at radius 1 is 1.07 bits per heavy atom. The van der Waals surface area contributed by atoms with Crippen LogP contribution in [0.15, 0.2) is 65.8 Å². The van der Waals surface area contributed by atoms with E-state index < -0.39 is 0 Å². The van der Waals surface area contributed by atoms with Crippen molar-refractivity contribution < 1.29 is 14.2 Å². The number of imidazole rings is 1. The Hall–Kier alpha value is -3.62. The van der Waals surface area contributed by atoms with Gasteiger partial charge >= 0.3 is 0 Å². The average molecular weight is 541 g/mol. The van der Waals surface area contributed by atoms with Crippen LogP contribution in [-0.2, 0) is 11.3 Å². The molecule has 2 aromatic heterocycles. The first-order valence-electron chi connectivity index (χ1n) is 14.5. The maximum absolute atomic E-state index is 13.4. The molecule has 3 fully saturated rings. The summed E-state index contributed by atoms with van der Waals surface area (Å²) in [7, 11) is 0. The second-order valence-corrected chi connectivity index (χ2v) is 11.4. The summed E-state index contributed by atoms with van der Waals surface area (Å²) in [6.45, 7) is 4.29. The largest absolute Gasteiger partial charge is 0.491 e. The van der Waals surface area contributed by atoms with Gasteiger partial charge in [0.15, 0.2) is 0 Å². The summed E-state index contributed by atoms with van der Waals surface area (Å²) in [5.41, 5.74) is 1.83. The highest BCUT2D eigenvalue weighted by Crippen LogP contribution is 2.38. The Morgan fingerprint density at radius 3 is 2.70 bits per heavy atom. The lowest BCUT2D eigenvalue weighted by Crippen LogP contribution is -2.46. The predicted molar refractivity (Wildman–Crippen MR) is 153 cm³/mol. The molecule has 8 nitrogen and oxygen atoms in total. The Morgan fingerprint density at radius 2 is 1.95 bits per heavy atom. The number of benzene rings is 2. The van der Waals surface area contributed by atoms with Gasteiger partial charge < -0.3 is 19.2 Å². The first-order chi connectivity index (χ1) is 19.6. The van der Waals surface area contributed by atoms with Gasteiger partial charge in [0.25, 0.3) is 5.56 Å². The smallest absolute Gasteiger partial charge is 0.262 e. The van der Waals surface area contributed by atoms with Gasteiger partial charge in [-0.1, -0.05) is 0 Å². The van der Waals surface area contributed by atoms with E-state index in [2.05, 4.69) is 21.8 Å². The standard InChI is InChI=1S/C32H36N4O4/c1-21-15-23(35-13-10-22-16-26(7-8-29(22)32(35)37)39-20-27-3-2-14-38-27)6-9-30(21)40-28-17-24-4-5-25(18-28)36(24)19-31-33-11-12-34-31/h6-13,15-16,24-25,27-28H,2-5,14,17-20H2,1H3,(H,33,34)/t24-,25+,27-,28+/m1/s1. The topological polar surface area (TPSA) is 81.6 Å². The fourth-order valence-corrected chi connectivity index (χ4v) is 6.72. The molecule has 3 saturated heterocycles. The van der Waals surface area contributed by atoms with E-state index in [9.17, 15) is 4.79 Å². The molecule has 2 bridgehead atoms. The Bertz CT molecular complexity index is 1530. The molecule has 2 aromatic carbocycles. The van der Waals surface area contributed by atoms with Gasteiger partial charge in [0.1, 0.15) is 30.0 Å². The van der Waals surface area contributed by atoms with Crippen molar-refractivity contribution in [3.05, 3.63) is 82.8 Å². The molecule has 0 aliphatic carbocycles. The van der Waals surface area contributed by atoms with Crippen molar-refractivity contribution in [2.75, 3.05) is 13.2 Å². The maximum atomic E-state index is 13.4. The molecule has 0 saturated carbocycles. The number of H-pyrrole nitrogens is 1. The second-order valence-electron chi connectivity index (χ2n) is 11.4. The number of pyridine rings is 1. The van der Waals surface area contributed by atoms with E-state index in [1.54, 1.807) is 4.57 Å². The van der Waals surface area contributed by atoms with Crippen LogP contribution in [-0.4, -0.2) is 56.9 Å². The molecule has 0 amide bonds. The van der Waals surface area contributed by atoms with Gasteiger partial charge in [-0.05, 0) is 98.9 Å². The summed E-state index contributed by atoms with van der Waals surface area (Å²) in [4.78, 5) is 23.7. The van der Waals surface area contributed by atoms with Crippen LogP contribution >= 0.6 is 0 Å². The lowest BCUT2D eigenvalue weighted by atomic mass is 9.99. The lowest BCUT2D eigenvalue weighted by Gasteiger charge is -2.38. The Labute approximate surface area is 233 Å². The van der Waals surface area contributed by atoms with Crippen molar-refractivity contribution >= 4 is 10.8 Å². The Kier molecular flexibility index (Phi) is 6.81. The maximum Gasteiger partial charge on any atom is 0.262 e. The third-order valence-corrected chi connectivity index (χ3v) is 8.79. The Balaban J connectivity index is 1.03. The molecule has 1 N–H and O–H groups in total. The van der Waals surface area contributed by atoms with Gasteiger partial charge in [-0.15, -0.1) is 0 Å². The van der Waals surface area contributed by atoms with Crippen molar-refractivity contribution in [2.45, 2.75) is 76.3 Å². The van der Waals surface area contributed by atoms with Gasteiger partial charge in [-0.3, -0.25) is 14.3 Å². The van der Waals surface area contributed by atoms with Crippen molar-refractivity contribution in [1.29, 1.82) is 0 Å². The lowest BCUT2D eigenvalue weighted by molar-refractivity contribution is 0.0428. The number of hydrogen-bond donors (Lipinski definition) is 1. The van der Waals surface area contributed by atoms with Gasteiger partial charge in [-0.2, -0.15) is 0 Å². The van der Waals surface area contributed by atoms with Crippen LogP contribution in [0.5, 0.6) is 11.5 Å². The van der Waals surface area contributed by atoms with Crippen LogP contribution in [0.1, 0.15) is 49.9 Å². The van der Waals surface area contributed by atoms with Gasteiger partial charge in [-0.25, -0.2) is 4.98 Å². The molecule has 4 atom stereocenters. The first kappa shape index (κ1) is 25.4. The molecule has 208 valence electrons. The summed E-state index contributed by atoms with van der Waals surface area (Å²) in [5, 5.41) is 1.54. The minimum Gasteiger partial charge on any atom is -0.491 e. The van der Waals surface area contributed by atoms with Crippen LogP contribution in [0.25, 0.3) is 16.5 Å². The molecule has 8 heteroatoms. The van der Waals surface area contributed by atoms with Crippen LogP contribution in [0.4, 0.5) is 0 Å². The van der Waals surface area contributed by atoms with Gasteiger partial charge in [0.05, 0.1) is 12.6 Å². The minimum absolute atomic E-state index is 0.0447. The molecule has 7 rings (SSSR count). The third-order valence-electron chi connectivity index (χ3n) is 8.79. The van der Waals surface area contributed by atoms with Crippen molar-refractivity contribution in [2.24, 2.45) is 0 Å². The summed E-state index contributed by atoms with van der Waals surface area (Å²) < 4.78 is 19.8. The normalized spacial score (nSPS) is 24.5. The van der Waals surface area contributed by atoms with Crippen molar-refractivity contribution in [3.63, 3.8) is 0 Å². The fraction of sp³-hybridized carbons (Fsp3) is 0.438. The van der Waals surface area contributed by atoms with Crippen LogP contribution in [0, 0.1) is 6.92 Å². The number of aromatic amines is 1. The number of fused-ring (bicyclic) bond motifs is 3. The molecule has 3 aliphatic heterocycles. The highest BCUT2D eigenvalue weighted by Gasteiger charge is 2.41. The molecular formula is C32H36N4O4. The van der Waals surface area contributed by atoms with E-state index in [4.69, 9.17) is 14.2 Å². The van der Waals surface area contributed by atoms with E-state index in [0.717, 1.165) is 72.8 Å². The van der Waals surface area contributed by atoms with Gasteiger partial charge in [0.2, 0.25) is 0 Å². The zero-order valence-electron chi connectivity index (χ0n) is 22.9. The van der Waals surface area contributed by atoms with Crippen LogP contribution in [0.3, 0.4) is 0 Å². The molecule has 4 aromatic rings. The number of rotatable bonds is 8. The molecule has 0 radical (unpaired) electrons. The van der Waals surface area contributed by atoms with E-state index in [0.29, 0.717) is 24.1 Å². The molecule has 3 aliphatic rings. The zero-order valence-corrected chi connectivity index (χ0v) is 22.9. The highest BCUT2D eigenvalue weighted by molar-refractivity contribution is 5.83. The predicted octanol–water partition coefficient (Wildman–Crippen LogP) is 5.15. The first-order valence-corrected chi connectivity index (χ1v) is 14.5. The number of aryl methyl sites for hydroxylation is 1. The molecule has 0 unspecified atom stereocenters. The SMILES string of the molecule is Cc1cc(-n2ccc3cc(OC[C@H]4CCCO4)ccc3c2=O)ccc1O[C@H]1C[C@H]2CC[C@@H](C1)N2Cc1ncc[nH]1. The summed E-state index contributed by atoms with van der Waals surface area (Å²) in [6.07, 6.45) is 12.5. The molecule has 0 spiro atoms. The number of nitrogens with zero attached hydrogens (tertiary/aromatic N) is 3. The van der Waals surface area contributed by atoms with E-state index in [1.807, 2.05) is 61.1 Å². The average Bonchev–Trinajstić information content (AvgIpc) is 3.72. The van der Waals surface area contributed by atoms with E-state index in [1.165, 1.54) is 12.8 Å². The van der Waals surface area contributed by atoms with E-state index >= 15 is 0 Å². The molecule has 5 heterocycles. The molecular weight excluding hydrogens is 504 g/mol. The monoisotopic (exact) mass is 540 g/mol. The van der Waals surface area contributed by atoms with Crippen LogP contribution < -0.4 is 15.0 Å². The molecule has 40 heavy (non-hydrogen) atoms. The number of aromatic nitrogens is 3. The zero-order chi connectivity index (χ0) is 27.1. The van der Waals surface area contributed by atoms with Crippen LogP contribution in [0.2, 0.25) is 0 Å². The number of hydrogen-bond acceptors (Lipinski definition) is 6. The van der Waals surface area contributed by atoms with E-state index in [-0.39, 0.29) is 17.8 Å². The van der Waals surface area contributed by atoms with Gasteiger partial charge in [0, 0.05) is 48.4 Å². The van der Waals surface area contributed by atoms with Crippen molar-refractivity contribution in [3.8, 4) is 17.2 Å². The quantitative estimate of drug-likeness (QED) is 0.333. The number of piperidine rings is 1. The number of nitrogens with one attached hydrogen (secondary N) is 1. The highest BCUT2D eigenvalue weighted by atomic mass is 16.5.